The molecule has 0 amide bonds. The van der Waals surface area contributed by atoms with E-state index < -0.39 is 93.5 Å². The minimum atomic E-state index is -5.94. The molecule has 0 rings (SSSR count). The Morgan fingerprint density at radius 1 is 0.426 bits per heavy atom. The van der Waals surface area contributed by atoms with E-state index in [4.69, 9.17) is 81.2 Å². The number of aliphatic hydroxyl groups is 10. The number of hydrogen-bond donors (Lipinski definition) is 10. The van der Waals surface area contributed by atoms with E-state index in [2.05, 4.69) is 0 Å². The van der Waals surface area contributed by atoms with Crippen LogP contribution in [0.1, 0.15) is 26.7 Å². The summed E-state index contributed by atoms with van der Waals surface area (Å²) in [5.74, 6) is 0. The van der Waals surface area contributed by atoms with Gasteiger partial charge < -0.3 is 113 Å². The van der Waals surface area contributed by atoms with E-state index in [-0.39, 0.29) is 162 Å². The summed E-state index contributed by atoms with van der Waals surface area (Å²) in [7, 11) is 1.49. The summed E-state index contributed by atoms with van der Waals surface area (Å²) in [6.45, 7) is 2.93. The molecule has 8 atom stereocenters. The normalized spacial score (nSPS) is 16.5. The van der Waals surface area contributed by atoms with E-state index in [0.717, 1.165) is 0 Å². The molecule has 0 saturated heterocycles. The molecule has 29 heteroatoms. The van der Waals surface area contributed by atoms with Crippen molar-refractivity contribution in [1.82, 2.24) is 0 Å². The average Bonchev–Trinajstić information content (AvgIpc) is 3.28. The van der Waals surface area contributed by atoms with Crippen LogP contribution in [0.2, 0.25) is 0 Å². The second kappa shape index (κ2) is 49.3. The van der Waals surface area contributed by atoms with Gasteiger partial charge in [-0.15, -0.1) is 0 Å². The van der Waals surface area contributed by atoms with Gasteiger partial charge in [-0.2, -0.15) is 0 Å². The van der Waals surface area contributed by atoms with Crippen LogP contribution in [-0.2, 0) is 61.7 Å². The molecule has 0 saturated carbocycles. The van der Waals surface area contributed by atoms with Crippen molar-refractivity contribution in [2.45, 2.75) is 69.4 Å². The average molecular weight is 1130 g/mol. The second-order valence-electron chi connectivity index (χ2n) is 15.0. The maximum Gasteiger partial charge on any atom is 1.00 e. The Hall–Kier alpha value is 0.0700. The molecule has 0 fully saturated rings. The van der Waals surface area contributed by atoms with E-state index in [9.17, 15) is 45.3 Å². The summed E-state index contributed by atoms with van der Waals surface area (Å²) >= 11 is -5.94. The van der Waals surface area contributed by atoms with Gasteiger partial charge in [0, 0.05) is 17.9 Å². The number of methoxy groups -OCH3 is 1. The third kappa shape index (κ3) is 49.6. The zero-order valence-electron chi connectivity index (χ0n) is 39.7. The van der Waals surface area contributed by atoms with Gasteiger partial charge in [0.1, 0.15) is 95.4 Å². The number of ether oxygens (including phenoxy) is 11. The maximum absolute atomic E-state index is 10.5. The van der Waals surface area contributed by atoms with Crippen LogP contribution in [0.5, 0.6) is 0 Å². The molecule has 10 N–H and O–H groups in total. The van der Waals surface area contributed by atoms with Crippen molar-refractivity contribution in [3.63, 3.8) is 0 Å². The van der Waals surface area contributed by atoms with Crippen LogP contribution < -0.4 is 63.4 Å². The zero-order chi connectivity index (χ0) is 51.4. The summed E-state index contributed by atoms with van der Waals surface area (Å²) in [6.07, 6.45) is -4.26. The molecule has 0 aliphatic rings. The third-order valence-electron chi connectivity index (χ3n) is 8.57. The molecule has 8 unspecified atom stereocenters. The van der Waals surface area contributed by atoms with Crippen LogP contribution >= 0.6 is 0 Å². The van der Waals surface area contributed by atoms with Gasteiger partial charge >= 0.3 is 29.6 Å². The SMILES string of the molecule is CCC(COCC(O)CO)(COCC(O)COCC(O)CO)COCC(O)COCC(O)CO.CCC(COCC=O)(COCC(O)COCC=O)COCC(O)COCOC.[Na+].[O-][I+3]([O-])([O-])[O-]. The predicted octanol–water partition coefficient (Wildman–Crippen LogP) is -15.3. The largest absolute Gasteiger partial charge is 1.00 e. The molecule has 0 aromatic heterocycles. The monoisotopic (exact) mass is 1130 g/mol. The molecule has 0 heterocycles. The molecular formula is C39H78INaO27. The van der Waals surface area contributed by atoms with E-state index in [1.54, 1.807) is 0 Å². The van der Waals surface area contributed by atoms with Gasteiger partial charge in [0.25, 0.3) is 0 Å². The predicted molar refractivity (Wildman–Crippen MR) is 216 cm³/mol. The van der Waals surface area contributed by atoms with E-state index >= 15 is 0 Å². The first-order chi connectivity index (χ1) is 31.7. The number of rotatable bonds is 45. The molecule has 0 spiro atoms. The van der Waals surface area contributed by atoms with Crippen molar-refractivity contribution in [3.8, 4) is 0 Å². The summed E-state index contributed by atoms with van der Waals surface area (Å²) < 4.78 is 92.7. The first-order valence-corrected chi connectivity index (χ1v) is 24.6. The maximum atomic E-state index is 10.5. The van der Waals surface area contributed by atoms with Gasteiger partial charge in [-0.25, -0.2) is 0 Å². The van der Waals surface area contributed by atoms with Gasteiger partial charge in [-0.05, 0) is 12.8 Å². The standard InChI is InChI=1S/C21H44O13.C18H34O10.IO4.Na/c1-2-21(13-32-8-18(27)5-24,14-33-11-19(28)9-30-6-16(25)3-22)15-34-12-20(29)10-31-7-17(26)4-23;1-3-18(12-25-7-5-20,13-26-9-16(21)8-24-6-4-19)14-27-10-17(22)11-28-15-23-2;2-1(3,4)5;/h16-20,22-29H,2-15H2,1H3;4-5,16-17,21-22H,3,6-15H2,1-2H3;;/q;;-1;+1. The van der Waals surface area contributed by atoms with Crippen LogP contribution in [0.25, 0.3) is 0 Å². The van der Waals surface area contributed by atoms with Crippen LogP contribution in [0.15, 0.2) is 0 Å². The molecule has 0 aliphatic carbocycles. The fourth-order valence-electron chi connectivity index (χ4n) is 4.79. The Balaban J connectivity index is -0.000000547. The molecule has 68 heavy (non-hydrogen) atoms. The summed E-state index contributed by atoms with van der Waals surface area (Å²) in [4.78, 5) is 20.7. The Kier molecular flexibility index (Phi) is 54.1. The number of halogens is 1. The number of carbonyl (C=O) groups is 2. The van der Waals surface area contributed by atoms with Crippen LogP contribution in [-0.4, -0.2) is 266 Å². The molecule has 27 nitrogen and oxygen atoms in total. The second-order valence-corrected chi connectivity index (χ2v) is 17.2. The van der Waals surface area contributed by atoms with Crippen molar-refractivity contribution >= 4 is 12.6 Å². The Bertz CT molecular complexity index is 1060. The fourth-order valence-corrected chi connectivity index (χ4v) is 4.79. The Labute approximate surface area is 426 Å². The third-order valence-corrected chi connectivity index (χ3v) is 8.57. The number of aliphatic hydroxyl groups excluding tert-OH is 10. The quantitative estimate of drug-likeness (QED) is 0.00890. The molecule has 0 aliphatic heterocycles. The Morgan fingerprint density at radius 2 is 0.662 bits per heavy atom. The molecule has 0 aromatic carbocycles. The smallest absolute Gasteiger partial charge is 0.394 e. The van der Waals surface area contributed by atoms with Crippen molar-refractivity contribution in [2.24, 2.45) is 10.8 Å². The summed E-state index contributed by atoms with van der Waals surface area (Å²) in [5.41, 5.74) is -1.24. The zero-order valence-corrected chi connectivity index (χ0v) is 43.8. The summed E-state index contributed by atoms with van der Waals surface area (Å²) in [5, 5.41) is 94.0. The summed E-state index contributed by atoms with van der Waals surface area (Å²) in [6, 6.07) is 0. The van der Waals surface area contributed by atoms with Crippen LogP contribution in [0.4, 0.5) is 0 Å². The van der Waals surface area contributed by atoms with Gasteiger partial charge in [0.05, 0.1) is 132 Å². The number of hydrogen-bond acceptors (Lipinski definition) is 27. The van der Waals surface area contributed by atoms with Crippen molar-refractivity contribution in [3.05, 3.63) is 0 Å². The van der Waals surface area contributed by atoms with E-state index in [1.165, 1.54) is 7.11 Å². The van der Waals surface area contributed by atoms with Gasteiger partial charge in [0.2, 0.25) is 0 Å². The first-order valence-electron chi connectivity index (χ1n) is 21.1. The first kappa shape index (κ1) is 74.6. The Morgan fingerprint density at radius 3 is 0.941 bits per heavy atom. The molecule has 0 aromatic rings. The van der Waals surface area contributed by atoms with Crippen molar-refractivity contribution in [1.29, 1.82) is 0 Å². The van der Waals surface area contributed by atoms with E-state index in [1.807, 2.05) is 13.8 Å². The molecule has 404 valence electrons. The molecule has 0 radical (unpaired) electrons. The van der Waals surface area contributed by atoms with Crippen LogP contribution in [0, 0.1) is 10.8 Å². The number of aldehydes is 2. The minimum Gasteiger partial charge on any atom is -0.394 e. The topological polar surface area (TPSA) is 430 Å². The van der Waals surface area contributed by atoms with E-state index in [0.29, 0.717) is 25.4 Å². The van der Waals surface area contributed by atoms with Crippen molar-refractivity contribution in [2.75, 3.05) is 159 Å². The number of carbonyl (C=O) groups excluding carboxylic acids is 2. The van der Waals surface area contributed by atoms with Gasteiger partial charge in [-0.1, -0.05) is 13.8 Å². The fraction of sp³-hybridized carbons (Fsp3) is 0.949. The van der Waals surface area contributed by atoms with Gasteiger partial charge in [0.15, 0.2) is 0 Å². The van der Waals surface area contributed by atoms with Crippen molar-refractivity contribution < 1.29 is 176 Å². The molecule has 0 bridgehead atoms. The molecular weight excluding hydrogens is 1050 g/mol. The van der Waals surface area contributed by atoms with Crippen LogP contribution in [0.3, 0.4) is 0 Å². The van der Waals surface area contributed by atoms with Gasteiger partial charge in [-0.3, -0.25) is 13.7 Å². The minimum absolute atomic E-state index is 0.